The third-order valence-electron chi connectivity index (χ3n) is 3.56. The molecule has 1 rings (SSSR count). The average molecular weight is 347 g/mol. The smallest absolute Gasteiger partial charge is 0.240 e. The number of hydrogen-bond acceptors (Lipinski definition) is 3. The number of nitrogens with one attached hydrogen (secondary N) is 2. The van der Waals surface area contributed by atoms with Gasteiger partial charge < -0.3 is 15.5 Å². The lowest BCUT2D eigenvalue weighted by Crippen LogP contribution is -2.46. The summed E-state index contributed by atoms with van der Waals surface area (Å²) in [5.41, 5.74) is 0.673. The molecule has 3 amide bonds. The first-order valence-electron chi connectivity index (χ1n) is 8.48. The summed E-state index contributed by atoms with van der Waals surface area (Å²) >= 11 is 0. The van der Waals surface area contributed by atoms with E-state index in [2.05, 4.69) is 10.6 Å². The van der Waals surface area contributed by atoms with Crippen molar-refractivity contribution < 1.29 is 14.4 Å². The van der Waals surface area contributed by atoms with Crippen LogP contribution in [0.5, 0.6) is 0 Å². The van der Waals surface area contributed by atoms with Gasteiger partial charge in [0.25, 0.3) is 0 Å². The van der Waals surface area contributed by atoms with Crippen molar-refractivity contribution >= 4 is 17.7 Å². The summed E-state index contributed by atoms with van der Waals surface area (Å²) in [5, 5.41) is 5.68. The molecule has 0 spiro atoms. The second-order valence-corrected chi connectivity index (χ2v) is 7.25. The van der Waals surface area contributed by atoms with Gasteiger partial charge in [-0.15, -0.1) is 0 Å². The molecular weight excluding hydrogens is 318 g/mol. The van der Waals surface area contributed by atoms with Crippen LogP contribution < -0.4 is 10.6 Å². The van der Waals surface area contributed by atoms with Crippen LogP contribution in [0.4, 0.5) is 0 Å². The van der Waals surface area contributed by atoms with Crippen LogP contribution in [0.15, 0.2) is 30.3 Å². The quantitative estimate of drug-likeness (QED) is 0.792. The van der Waals surface area contributed by atoms with E-state index in [-0.39, 0.29) is 48.7 Å². The molecule has 0 saturated carbocycles. The van der Waals surface area contributed by atoms with E-state index in [0.717, 1.165) is 5.56 Å². The van der Waals surface area contributed by atoms with Crippen LogP contribution >= 0.6 is 0 Å². The number of benzene rings is 1. The van der Waals surface area contributed by atoms with Crippen LogP contribution in [0.1, 0.15) is 52.1 Å². The first-order valence-corrected chi connectivity index (χ1v) is 8.48. The molecule has 0 radical (unpaired) electrons. The molecule has 0 aliphatic carbocycles. The van der Waals surface area contributed by atoms with Crippen LogP contribution in [0.2, 0.25) is 0 Å². The van der Waals surface area contributed by atoms with Crippen molar-refractivity contribution in [3.8, 4) is 0 Å². The van der Waals surface area contributed by atoms with Gasteiger partial charge in [0.15, 0.2) is 0 Å². The van der Waals surface area contributed by atoms with Gasteiger partial charge in [0.2, 0.25) is 17.7 Å². The highest BCUT2D eigenvalue weighted by molar-refractivity contribution is 5.87. The number of carbonyl (C=O) groups is 3. The van der Waals surface area contributed by atoms with E-state index in [0.29, 0.717) is 0 Å². The molecule has 2 N–H and O–H groups in total. The van der Waals surface area contributed by atoms with Crippen molar-refractivity contribution in [1.82, 2.24) is 15.5 Å². The number of amides is 3. The Kier molecular flexibility index (Phi) is 7.61. The molecular formula is C19H29N3O3. The summed E-state index contributed by atoms with van der Waals surface area (Å²) in [7, 11) is 1.56. The molecule has 1 aromatic carbocycles. The Labute approximate surface area is 150 Å². The fourth-order valence-electron chi connectivity index (χ4n) is 2.31. The van der Waals surface area contributed by atoms with Crippen LogP contribution in [0.3, 0.4) is 0 Å². The summed E-state index contributed by atoms with van der Waals surface area (Å²) in [5.74, 6) is -0.630. The zero-order valence-corrected chi connectivity index (χ0v) is 15.8. The van der Waals surface area contributed by atoms with Gasteiger partial charge in [-0.05, 0) is 33.3 Å². The zero-order valence-electron chi connectivity index (χ0n) is 15.8. The summed E-state index contributed by atoms with van der Waals surface area (Å²) in [6.45, 7) is 7.52. The summed E-state index contributed by atoms with van der Waals surface area (Å²) in [6.07, 6.45) is 0.174. The SMILES string of the molecule is CC(NC(=O)CCC(=O)N(C)CC(=O)NC(C)(C)C)c1ccccc1. The second kappa shape index (κ2) is 9.20. The van der Waals surface area contributed by atoms with E-state index < -0.39 is 0 Å². The number of likely N-dealkylation sites (N-methyl/N-ethyl adjacent to an activating group) is 1. The number of nitrogens with zero attached hydrogens (tertiary/aromatic N) is 1. The van der Waals surface area contributed by atoms with Crippen LogP contribution in [-0.2, 0) is 14.4 Å². The number of rotatable bonds is 7. The molecule has 6 nitrogen and oxygen atoms in total. The minimum atomic E-state index is -0.339. The van der Waals surface area contributed by atoms with E-state index in [4.69, 9.17) is 0 Å². The highest BCUT2D eigenvalue weighted by Crippen LogP contribution is 2.11. The third-order valence-corrected chi connectivity index (χ3v) is 3.56. The monoisotopic (exact) mass is 347 g/mol. The number of hydrogen-bond donors (Lipinski definition) is 2. The van der Waals surface area contributed by atoms with Crippen molar-refractivity contribution in [2.24, 2.45) is 0 Å². The molecule has 0 bridgehead atoms. The van der Waals surface area contributed by atoms with Gasteiger partial charge >= 0.3 is 0 Å². The molecule has 0 fully saturated rings. The number of carbonyl (C=O) groups excluding carboxylic acids is 3. The molecule has 138 valence electrons. The summed E-state index contributed by atoms with van der Waals surface area (Å²) in [4.78, 5) is 37.2. The van der Waals surface area contributed by atoms with Crippen LogP contribution in [0.25, 0.3) is 0 Å². The molecule has 0 aliphatic rings. The van der Waals surface area contributed by atoms with E-state index >= 15 is 0 Å². The summed E-state index contributed by atoms with van der Waals surface area (Å²) < 4.78 is 0. The van der Waals surface area contributed by atoms with Crippen molar-refractivity contribution in [2.45, 2.75) is 52.1 Å². The Bertz CT molecular complexity index is 594. The molecule has 25 heavy (non-hydrogen) atoms. The fourth-order valence-corrected chi connectivity index (χ4v) is 2.31. The first-order chi connectivity index (χ1) is 11.6. The molecule has 6 heteroatoms. The van der Waals surface area contributed by atoms with Gasteiger partial charge in [-0.1, -0.05) is 30.3 Å². The Balaban J connectivity index is 2.37. The van der Waals surface area contributed by atoms with Crippen molar-refractivity contribution in [3.63, 3.8) is 0 Å². The summed E-state index contributed by atoms with van der Waals surface area (Å²) in [6, 6.07) is 9.52. The topological polar surface area (TPSA) is 78.5 Å². The standard InChI is InChI=1S/C19H29N3O3/c1-14(15-9-7-6-8-10-15)20-16(23)11-12-18(25)22(5)13-17(24)21-19(2,3)4/h6-10,14H,11-13H2,1-5H3,(H,20,23)(H,21,24). The largest absolute Gasteiger partial charge is 0.350 e. The second-order valence-electron chi connectivity index (χ2n) is 7.25. The van der Waals surface area contributed by atoms with Gasteiger partial charge in [-0.2, -0.15) is 0 Å². The highest BCUT2D eigenvalue weighted by atomic mass is 16.2. The Hall–Kier alpha value is -2.37. The maximum Gasteiger partial charge on any atom is 0.240 e. The van der Waals surface area contributed by atoms with Gasteiger partial charge in [-0.3, -0.25) is 14.4 Å². The normalized spacial score (nSPS) is 12.2. The van der Waals surface area contributed by atoms with Gasteiger partial charge in [0, 0.05) is 25.4 Å². The molecule has 0 aliphatic heterocycles. The van der Waals surface area contributed by atoms with Crippen molar-refractivity contribution in [1.29, 1.82) is 0 Å². The van der Waals surface area contributed by atoms with Gasteiger partial charge in [-0.25, -0.2) is 0 Å². The zero-order chi connectivity index (χ0) is 19.0. The van der Waals surface area contributed by atoms with E-state index in [1.54, 1.807) is 7.05 Å². The minimum Gasteiger partial charge on any atom is -0.350 e. The fraction of sp³-hybridized carbons (Fsp3) is 0.526. The molecule has 1 unspecified atom stereocenters. The van der Waals surface area contributed by atoms with Crippen LogP contribution in [-0.4, -0.2) is 41.8 Å². The predicted octanol–water partition coefficient (Wildman–Crippen LogP) is 2.02. The minimum absolute atomic E-state index is 0.0157. The third kappa shape index (κ3) is 8.33. The highest BCUT2D eigenvalue weighted by Gasteiger charge is 2.18. The van der Waals surface area contributed by atoms with Crippen LogP contribution in [0, 0.1) is 0 Å². The molecule has 0 heterocycles. The lowest BCUT2D eigenvalue weighted by Gasteiger charge is -2.23. The molecule has 1 aromatic rings. The maximum absolute atomic E-state index is 12.1. The molecule has 1 atom stereocenters. The average Bonchev–Trinajstić information content (AvgIpc) is 2.51. The first kappa shape index (κ1) is 20.7. The van der Waals surface area contributed by atoms with Gasteiger partial charge in [0.05, 0.1) is 12.6 Å². The molecule has 0 saturated heterocycles. The van der Waals surface area contributed by atoms with E-state index in [1.165, 1.54) is 4.90 Å². The maximum atomic E-state index is 12.1. The Morgan fingerprint density at radius 3 is 2.20 bits per heavy atom. The van der Waals surface area contributed by atoms with E-state index in [1.807, 2.05) is 58.0 Å². The van der Waals surface area contributed by atoms with Crippen molar-refractivity contribution in [2.75, 3.05) is 13.6 Å². The Morgan fingerprint density at radius 2 is 1.64 bits per heavy atom. The van der Waals surface area contributed by atoms with Gasteiger partial charge in [0.1, 0.15) is 0 Å². The lowest BCUT2D eigenvalue weighted by molar-refractivity contribution is -0.136. The molecule has 0 aromatic heterocycles. The lowest BCUT2D eigenvalue weighted by atomic mass is 10.1. The van der Waals surface area contributed by atoms with E-state index in [9.17, 15) is 14.4 Å². The predicted molar refractivity (Wildman–Crippen MR) is 97.8 cm³/mol. The Morgan fingerprint density at radius 1 is 1.04 bits per heavy atom. The van der Waals surface area contributed by atoms with Crippen molar-refractivity contribution in [3.05, 3.63) is 35.9 Å².